The van der Waals surface area contributed by atoms with Gasteiger partial charge in [-0.05, 0) is 33.5 Å². The van der Waals surface area contributed by atoms with E-state index in [4.69, 9.17) is 0 Å². The molecule has 3 heteroatoms. The summed E-state index contributed by atoms with van der Waals surface area (Å²) in [5.41, 5.74) is 1.71. The summed E-state index contributed by atoms with van der Waals surface area (Å²) < 4.78 is 3.51. The molecule has 0 amide bonds. The third-order valence-electron chi connectivity index (χ3n) is 4.03. The van der Waals surface area contributed by atoms with Crippen LogP contribution in [-0.2, 0) is 6.42 Å². The lowest BCUT2D eigenvalue weighted by Crippen LogP contribution is -2.39. The van der Waals surface area contributed by atoms with Crippen LogP contribution < -0.4 is 9.00 Å². The molecule has 0 aliphatic heterocycles. The summed E-state index contributed by atoms with van der Waals surface area (Å²) in [6.45, 7) is 17.3. The molecule has 0 fully saturated rings. The van der Waals surface area contributed by atoms with E-state index in [0.29, 0.717) is 0 Å². The first kappa shape index (κ1) is 19.2. The van der Waals surface area contributed by atoms with Crippen molar-refractivity contribution in [2.24, 2.45) is 0 Å². The van der Waals surface area contributed by atoms with Crippen LogP contribution in [0.5, 0.6) is 0 Å². The van der Waals surface area contributed by atoms with Gasteiger partial charge >= 0.3 is 0 Å². The van der Waals surface area contributed by atoms with Crippen molar-refractivity contribution in [2.45, 2.75) is 91.2 Å². The molecule has 1 aromatic heterocycles. The summed E-state index contributed by atoms with van der Waals surface area (Å²) in [5.74, 6) is 0. The first-order chi connectivity index (χ1) is 9.66. The second-order valence-electron chi connectivity index (χ2n) is 8.48. The summed E-state index contributed by atoms with van der Waals surface area (Å²) in [6.07, 6.45) is 9.77. The third kappa shape index (κ3) is 6.41. The largest absolute Gasteiger partial charge is 0.154 e. The molecule has 21 heavy (non-hydrogen) atoms. The quantitative estimate of drug-likeness (QED) is 0.397. The van der Waals surface area contributed by atoms with Crippen molar-refractivity contribution in [2.75, 3.05) is 0 Å². The van der Waals surface area contributed by atoms with Gasteiger partial charge in [0.1, 0.15) is 0 Å². The van der Waals surface area contributed by atoms with Crippen LogP contribution >= 0.6 is 11.3 Å². The smallest absolute Gasteiger partial charge is 0.0907 e. The van der Waals surface area contributed by atoms with E-state index in [9.17, 15) is 0 Å². The van der Waals surface area contributed by atoms with Gasteiger partial charge < -0.3 is 0 Å². The van der Waals surface area contributed by atoms with Gasteiger partial charge in [0, 0.05) is 0 Å². The van der Waals surface area contributed by atoms with E-state index >= 15 is 0 Å². The molecule has 122 valence electrons. The molecule has 1 aromatic rings. The highest BCUT2D eigenvalue weighted by atomic mass is 32.1. The molecule has 0 spiro atoms. The minimum absolute atomic E-state index is 1.15. The molecular weight excluding hydrogens is 304 g/mol. The van der Waals surface area contributed by atoms with E-state index in [2.05, 4.69) is 63.6 Å². The molecule has 0 atom stereocenters. The SMILES string of the molecule is CCCCCCCCc1cc([Si](C)(C)C)sc1[Si](C)(C)C. The van der Waals surface area contributed by atoms with Crippen molar-refractivity contribution in [1.82, 2.24) is 0 Å². The Balaban J connectivity index is 2.69. The van der Waals surface area contributed by atoms with Crippen molar-refractivity contribution in [3.63, 3.8) is 0 Å². The monoisotopic (exact) mass is 340 g/mol. The number of unbranched alkanes of at least 4 members (excludes halogenated alkanes) is 5. The van der Waals surface area contributed by atoms with E-state index in [0.717, 1.165) is 0 Å². The van der Waals surface area contributed by atoms with E-state index in [1.54, 1.807) is 14.6 Å². The van der Waals surface area contributed by atoms with Gasteiger partial charge in [-0.1, -0.05) is 78.3 Å². The molecule has 0 aliphatic rings. The molecule has 0 N–H and O–H groups in total. The molecule has 0 aliphatic carbocycles. The Morgan fingerprint density at radius 2 is 1.38 bits per heavy atom. The fraction of sp³-hybridized carbons (Fsp3) is 0.778. The fourth-order valence-electron chi connectivity index (χ4n) is 2.71. The van der Waals surface area contributed by atoms with E-state index in [1.807, 2.05) is 0 Å². The first-order valence-corrected chi connectivity index (χ1v) is 16.6. The summed E-state index contributed by atoms with van der Waals surface area (Å²) in [6, 6.07) is 2.59. The van der Waals surface area contributed by atoms with Crippen molar-refractivity contribution in [3.8, 4) is 0 Å². The molecule has 1 rings (SSSR count). The Morgan fingerprint density at radius 1 is 0.810 bits per heavy atom. The van der Waals surface area contributed by atoms with Crippen molar-refractivity contribution >= 4 is 36.5 Å². The van der Waals surface area contributed by atoms with Crippen LogP contribution in [0.2, 0.25) is 39.3 Å². The maximum atomic E-state index is 2.59. The van der Waals surface area contributed by atoms with Gasteiger partial charge in [-0.25, -0.2) is 0 Å². The number of hydrogen-bond donors (Lipinski definition) is 0. The van der Waals surface area contributed by atoms with Gasteiger partial charge in [0.25, 0.3) is 0 Å². The highest BCUT2D eigenvalue weighted by Crippen LogP contribution is 2.18. The molecule has 0 aromatic carbocycles. The lowest BCUT2D eigenvalue weighted by Gasteiger charge is -2.17. The molecular formula is C18H36SSi2. The fourth-order valence-corrected chi connectivity index (χ4v) is 8.59. The van der Waals surface area contributed by atoms with Crippen molar-refractivity contribution < 1.29 is 0 Å². The Labute approximate surface area is 139 Å². The summed E-state index contributed by atoms with van der Waals surface area (Å²) in [4.78, 5) is 0. The van der Waals surface area contributed by atoms with Crippen LogP contribution in [0.25, 0.3) is 0 Å². The van der Waals surface area contributed by atoms with Crippen LogP contribution in [0.3, 0.4) is 0 Å². The summed E-state index contributed by atoms with van der Waals surface area (Å²) in [5, 5.41) is 0. The second-order valence-corrected chi connectivity index (χ2v) is 20.3. The second kappa shape index (κ2) is 8.12. The predicted molar refractivity (Wildman–Crippen MR) is 107 cm³/mol. The standard InChI is InChI=1S/C18H36SSi2/c1-8-9-10-11-12-13-14-16-15-17(20(2,3)4)19-18(16)21(5,6)7/h15H,8-14H2,1-7H3. The maximum absolute atomic E-state index is 2.59. The number of thiophene rings is 1. The molecule has 0 radical (unpaired) electrons. The van der Waals surface area contributed by atoms with E-state index in [1.165, 1.54) is 44.9 Å². The normalized spacial score (nSPS) is 12.9. The molecule has 0 saturated heterocycles. The van der Waals surface area contributed by atoms with Gasteiger partial charge in [0.2, 0.25) is 0 Å². The molecule has 0 saturated carbocycles. The van der Waals surface area contributed by atoms with Gasteiger partial charge in [-0.15, -0.1) is 0 Å². The minimum Gasteiger partial charge on any atom is -0.154 e. The Bertz CT molecular complexity index is 421. The zero-order chi connectivity index (χ0) is 16.1. The number of aryl methyl sites for hydroxylation is 1. The highest BCUT2D eigenvalue weighted by molar-refractivity contribution is 7.35. The average Bonchev–Trinajstić information content (AvgIpc) is 2.77. The lowest BCUT2D eigenvalue weighted by molar-refractivity contribution is 0.608. The van der Waals surface area contributed by atoms with Gasteiger partial charge in [-0.2, -0.15) is 11.3 Å². The summed E-state index contributed by atoms with van der Waals surface area (Å²) in [7, 11) is -2.32. The molecule has 0 nitrogen and oxygen atoms in total. The van der Waals surface area contributed by atoms with Crippen molar-refractivity contribution in [3.05, 3.63) is 11.6 Å². The Morgan fingerprint density at radius 3 is 1.90 bits per heavy atom. The van der Waals surface area contributed by atoms with Gasteiger partial charge in [0.15, 0.2) is 0 Å². The number of hydrogen-bond acceptors (Lipinski definition) is 1. The van der Waals surface area contributed by atoms with E-state index < -0.39 is 16.1 Å². The predicted octanol–water partition coefficient (Wildman–Crippen LogP) is 5.74. The van der Waals surface area contributed by atoms with Crippen LogP contribution in [-0.4, -0.2) is 16.1 Å². The lowest BCUT2D eigenvalue weighted by atomic mass is 10.1. The Kier molecular flexibility index (Phi) is 7.41. The topological polar surface area (TPSA) is 0 Å². The number of rotatable bonds is 9. The highest BCUT2D eigenvalue weighted by Gasteiger charge is 2.27. The molecule has 0 bridgehead atoms. The third-order valence-corrected chi connectivity index (χ3v) is 12.4. The Hall–Kier alpha value is 0.134. The first-order valence-electron chi connectivity index (χ1n) is 8.80. The zero-order valence-corrected chi connectivity index (χ0v) is 18.3. The van der Waals surface area contributed by atoms with E-state index in [-0.39, 0.29) is 0 Å². The van der Waals surface area contributed by atoms with Crippen LogP contribution in [0, 0.1) is 0 Å². The molecule has 0 unspecified atom stereocenters. The summed E-state index contributed by atoms with van der Waals surface area (Å²) >= 11 is 2.17. The van der Waals surface area contributed by atoms with Crippen LogP contribution in [0.1, 0.15) is 51.0 Å². The average molecular weight is 341 g/mol. The maximum Gasteiger partial charge on any atom is 0.0907 e. The van der Waals surface area contributed by atoms with Crippen LogP contribution in [0.15, 0.2) is 6.07 Å². The zero-order valence-electron chi connectivity index (χ0n) is 15.4. The minimum atomic E-state index is -1.18. The van der Waals surface area contributed by atoms with Crippen LogP contribution in [0.4, 0.5) is 0 Å². The molecule has 1 heterocycles. The van der Waals surface area contributed by atoms with Gasteiger partial charge in [-0.3, -0.25) is 0 Å². The van der Waals surface area contributed by atoms with Crippen molar-refractivity contribution in [1.29, 1.82) is 0 Å². The van der Waals surface area contributed by atoms with Gasteiger partial charge in [0.05, 0.1) is 16.1 Å².